The van der Waals surface area contributed by atoms with Gasteiger partial charge in [-0.1, -0.05) is 12.1 Å². The number of carbonyl (C=O) groups excluding carboxylic acids is 1. The minimum atomic E-state index is -3.21. The predicted octanol–water partition coefficient (Wildman–Crippen LogP) is 0.275. The van der Waals surface area contributed by atoms with Crippen LogP contribution in [0.15, 0.2) is 29.2 Å². The van der Waals surface area contributed by atoms with E-state index in [2.05, 4.69) is 10.1 Å². The van der Waals surface area contributed by atoms with E-state index in [0.717, 1.165) is 11.8 Å². The number of aliphatic hydroxyl groups excluding tert-OH is 1. The van der Waals surface area contributed by atoms with E-state index >= 15 is 0 Å². The van der Waals surface area contributed by atoms with Gasteiger partial charge in [-0.15, -0.1) is 0 Å². The van der Waals surface area contributed by atoms with Gasteiger partial charge in [0.05, 0.1) is 12.0 Å². The highest BCUT2D eigenvalue weighted by Gasteiger charge is 2.16. The van der Waals surface area contributed by atoms with Gasteiger partial charge in [-0.05, 0) is 24.6 Å². The molecule has 1 rings (SSSR count). The SMILES string of the molecule is COC(=O)C(O)CN[C@@H](C)c1ccc(S(C)(=O)=O)cc1. The summed E-state index contributed by atoms with van der Waals surface area (Å²) >= 11 is 0. The lowest BCUT2D eigenvalue weighted by atomic mass is 10.1. The van der Waals surface area contributed by atoms with Crippen molar-refractivity contribution in [1.82, 2.24) is 5.32 Å². The standard InChI is InChI=1S/C13H19NO5S/c1-9(14-8-12(15)13(16)19-2)10-4-6-11(7-5-10)20(3,17)18/h4-7,9,12,14-15H,8H2,1-3H3/t9-,12?/m0/s1. The van der Waals surface area contributed by atoms with Crippen molar-refractivity contribution in [1.29, 1.82) is 0 Å². The van der Waals surface area contributed by atoms with Crippen molar-refractivity contribution in [3.05, 3.63) is 29.8 Å². The summed E-state index contributed by atoms with van der Waals surface area (Å²) in [6, 6.07) is 6.30. The molecule has 1 unspecified atom stereocenters. The Hall–Kier alpha value is -1.44. The van der Waals surface area contributed by atoms with Crippen molar-refractivity contribution in [2.24, 2.45) is 0 Å². The average Bonchev–Trinajstić information content (AvgIpc) is 2.42. The summed E-state index contributed by atoms with van der Waals surface area (Å²) in [5.74, 6) is -0.697. The van der Waals surface area contributed by atoms with Crippen LogP contribution in [0.3, 0.4) is 0 Å². The molecule has 1 aromatic rings. The van der Waals surface area contributed by atoms with E-state index in [1.54, 1.807) is 12.1 Å². The molecule has 0 spiro atoms. The molecule has 0 fully saturated rings. The minimum absolute atomic E-state index is 0.0572. The summed E-state index contributed by atoms with van der Waals surface area (Å²) in [5, 5.41) is 12.4. The van der Waals surface area contributed by atoms with Crippen LogP contribution in [0.5, 0.6) is 0 Å². The highest BCUT2D eigenvalue weighted by atomic mass is 32.2. The summed E-state index contributed by atoms with van der Waals surface area (Å²) in [6.07, 6.45) is -0.0751. The Kier molecular flexibility index (Phi) is 5.67. The highest BCUT2D eigenvalue weighted by Crippen LogP contribution is 2.16. The van der Waals surface area contributed by atoms with Gasteiger partial charge in [0.15, 0.2) is 15.9 Å². The lowest BCUT2D eigenvalue weighted by Gasteiger charge is -2.16. The van der Waals surface area contributed by atoms with Crippen LogP contribution in [0.2, 0.25) is 0 Å². The maximum Gasteiger partial charge on any atom is 0.336 e. The van der Waals surface area contributed by atoms with E-state index in [1.807, 2.05) is 6.92 Å². The molecule has 112 valence electrons. The molecule has 2 atom stereocenters. The monoisotopic (exact) mass is 301 g/mol. The molecule has 0 aliphatic heterocycles. The summed E-state index contributed by atoms with van der Waals surface area (Å²) in [7, 11) is -2.00. The molecule has 1 aromatic carbocycles. The molecule has 0 aromatic heterocycles. The number of hydrogen-bond acceptors (Lipinski definition) is 6. The number of aliphatic hydroxyl groups is 1. The quantitative estimate of drug-likeness (QED) is 0.733. The number of rotatable bonds is 6. The van der Waals surface area contributed by atoms with E-state index in [4.69, 9.17) is 0 Å². The lowest BCUT2D eigenvalue weighted by Crippen LogP contribution is -2.35. The van der Waals surface area contributed by atoms with Crippen LogP contribution in [0.1, 0.15) is 18.5 Å². The zero-order valence-electron chi connectivity index (χ0n) is 11.7. The van der Waals surface area contributed by atoms with E-state index in [9.17, 15) is 18.3 Å². The van der Waals surface area contributed by atoms with E-state index in [-0.39, 0.29) is 17.5 Å². The van der Waals surface area contributed by atoms with Crippen LogP contribution in [0.25, 0.3) is 0 Å². The molecule has 0 amide bonds. The van der Waals surface area contributed by atoms with Gasteiger partial charge in [-0.2, -0.15) is 0 Å². The summed E-state index contributed by atoms with van der Waals surface area (Å²) in [4.78, 5) is 11.3. The number of nitrogens with one attached hydrogen (secondary N) is 1. The van der Waals surface area contributed by atoms with Crippen LogP contribution in [-0.4, -0.2) is 45.5 Å². The van der Waals surface area contributed by atoms with Crippen LogP contribution in [0.4, 0.5) is 0 Å². The summed E-state index contributed by atoms with van der Waals surface area (Å²) in [5.41, 5.74) is 0.856. The summed E-state index contributed by atoms with van der Waals surface area (Å²) < 4.78 is 27.1. The van der Waals surface area contributed by atoms with Gasteiger partial charge in [-0.3, -0.25) is 0 Å². The molecule has 20 heavy (non-hydrogen) atoms. The van der Waals surface area contributed by atoms with Crippen molar-refractivity contribution in [3.8, 4) is 0 Å². The molecule has 0 bridgehead atoms. The van der Waals surface area contributed by atoms with E-state index in [0.29, 0.717) is 0 Å². The second kappa shape index (κ2) is 6.83. The van der Waals surface area contributed by atoms with Crippen molar-refractivity contribution in [3.63, 3.8) is 0 Å². The van der Waals surface area contributed by atoms with Gasteiger partial charge in [0.1, 0.15) is 0 Å². The Balaban J connectivity index is 2.65. The largest absolute Gasteiger partial charge is 0.467 e. The Morgan fingerprint density at radius 3 is 2.35 bits per heavy atom. The first kappa shape index (κ1) is 16.6. The maximum absolute atomic E-state index is 11.3. The molecule has 0 saturated heterocycles. The van der Waals surface area contributed by atoms with Crippen LogP contribution < -0.4 is 5.32 Å². The Morgan fingerprint density at radius 1 is 1.35 bits per heavy atom. The number of sulfone groups is 1. The third kappa shape index (κ3) is 4.59. The Bertz CT molecular complexity index is 553. The number of methoxy groups -OCH3 is 1. The van der Waals surface area contributed by atoms with Crippen LogP contribution >= 0.6 is 0 Å². The Morgan fingerprint density at radius 2 is 1.90 bits per heavy atom. The molecular formula is C13H19NO5S. The molecule has 0 aliphatic rings. The third-order valence-electron chi connectivity index (χ3n) is 2.90. The maximum atomic E-state index is 11.3. The van der Waals surface area contributed by atoms with Gasteiger partial charge < -0.3 is 15.2 Å². The topological polar surface area (TPSA) is 92.7 Å². The number of carbonyl (C=O) groups is 1. The Labute approximate surface area is 118 Å². The molecule has 2 N–H and O–H groups in total. The van der Waals surface area contributed by atoms with Gasteiger partial charge in [0.2, 0.25) is 0 Å². The minimum Gasteiger partial charge on any atom is -0.467 e. The van der Waals surface area contributed by atoms with Gasteiger partial charge in [0, 0.05) is 18.8 Å². The van der Waals surface area contributed by atoms with Crippen molar-refractivity contribution < 1.29 is 23.1 Å². The predicted molar refractivity (Wildman–Crippen MR) is 74.0 cm³/mol. The molecule has 0 heterocycles. The molecule has 7 heteroatoms. The average molecular weight is 301 g/mol. The van der Waals surface area contributed by atoms with E-state index < -0.39 is 21.9 Å². The zero-order chi connectivity index (χ0) is 15.3. The fraction of sp³-hybridized carbons (Fsp3) is 0.462. The number of ether oxygens (including phenoxy) is 1. The number of hydrogen-bond donors (Lipinski definition) is 2. The van der Waals surface area contributed by atoms with Gasteiger partial charge in [-0.25, -0.2) is 13.2 Å². The first-order valence-electron chi connectivity index (χ1n) is 6.05. The third-order valence-corrected chi connectivity index (χ3v) is 4.03. The van der Waals surface area contributed by atoms with Crippen molar-refractivity contribution >= 4 is 15.8 Å². The second-order valence-corrected chi connectivity index (χ2v) is 6.53. The smallest absolute Gasteiger partial charge is 0.336 e. The second-order valence-electron chi connectivity index (χ2n) is 4.51. The fourth-order valence-electron chi connectivity index (χ4n) is 1.63. The molecule has 0 aliphatic carbocycles. The first-order chi connectivity index (χ1) is 9.25. The van der Waals surface area contributed by atoms with Gasteiger partial charge in [0.25, 0.3) is 0 Å². The fourth-order valence-corrected chi connectivity index (χ4v) is 2.26. The van der Waals surface area contributed by atoms with Crippen LogP contribution in [0, 0.1) is 0 Å². The zero-order valence-corrected chi connectivity index (χ0v) is 12.5. The molecule has 0 saturated carbocycles. The van der Waals surface area contributed by atoms with Gasteiger partial charge >= 0.3 is 5.97 Å². The number of benzene rings is 1. The first-order valence-corrected chi connectivity index (χ1v) is 7.94. The normalized spacial score (nSPS) is 14.6. The molecule has 6 nitrogen and oxygen atoms in total. The van der Waals surface area contributed by atoms with Crippen molar-refractivity contribution in [2.75, 3.05) is 19.9 Å². The summed E-state index contributed by atoms with van der Waals surface area (Å²) in [6.45, 7) is 1.90. The molecule has 0 radical (unpaired) electrons. The van der Waals surface area contributed by atoms with Crippen LogP contribution in [-0.2, 0) is 19.4 Å². The van der Waals surface area contributed by atoms with Crippen molar-refractivity contribution in [2.45, 2.75) is 24.0 Å². The number of esters is 1. The lowest BCUT2D eigenvalue weighted by molar-refractivity contribution is -0.150. The highest BCUT2D eigenvalue weighted by molar-refractivity contribution is 7.90. The molecular weight excluding hydrogens is 282 g/mol. The van der Waals surface area contributed by atoms with E-state index in [1.165, 1.54) is 19.2 Å².